The molecule has 2 N–H and O–H groups in total. The number of hydrogen-bond acceptors (Lipinski definition) is 2. The first kappa shape index (κ1) is 13.5. The largest absolute Gasteiger partial charge is 0.385 e. The molecular weight excluding hydrogens is 219 g/mol. The Labute approximate surface area is 101 Å². The van der Waals surface area contributed by atoms with Gasteiger partial charge in [-0.3, -0.25) is 4.79 Å². The summed E-state index contributed by atoms with van der Waals surface area (Å²) in [5, 5.41) is 5.94. The van der Waals surface area contributed by atoms with Gasteiger partial charge in [-0.25, -0.2) is 4.39 Å². The maximum Gasteiger partial charge on any atom is 0.222 e. The minimum atomic E-state index is -0.263. The topological polar surface area (TPSA) is 41.1 Å². The molecule has 0 aliphatic rings. The molecule has 4 heteroatoms. The van der Waals surface area contributed by atoms with E-state index in [0.29, 0.717) is 13.0 Å². The number of nitrogens with one attached hydrogen (secondary N) is 2. The van der Waals surface area contributed by atoms with Crippen LogP contribution in [0, 0.1) is 5.82 Å². The molecule has 0 aliphatic heterocycles. The number of halogens is 1. The Hall–Kier alpha value is -1.58. The second-order valence-electron chi connectivity index (χ2n) is 4.98. The van der Waals surface area contributed by atoms with E-state index in [0.717, 1.165) is 5.69 Å². The number of carbonyl (C=O) groups is 1. The standard InChI is InChI=1S/C13H19FN2O/c1-13(2,3)16-12(17)8-9-15-11-6-4-10(14)5-7-11/h4-7,15H,8-9H2,1-3H3,(H,16,17). The second-order valence-corrected chi connectivity index (χ2v) is 4.98. The lowest BCUT2D eigenvalue weighted by atomic mass is 10.1. The monoisotopic (exact) mass is 238 g/mol. The van der Waals surface area contributed by atoms with Crippen molar-refractivity contribution in [3.63, 3.8) is 0 Å². The van der Waals surface area contributed by atoms with Crippen molar-refractivity contribution in [2.45, 2.75) is 32.7 Å². The van der Waals surface area contributed by atoms with Crippen LogP contribution in [-0.2, 0) is 4.79 Å². The van der Waals surface area contributed by atoms with E-state index in [4.69, 9.17) is 0 Å². The molecule has 0 bridgehead atoms. The van der Waals surface area contributed by atoms with Crippen LogP contribution in [0.3, 0.4) is 0 Å². The first-order valence-electron chi connectivity index (χ1n) is 5.67. The van der Waals surface area contributed by atoms with E-state index in [1.54, 1.807) is 12.1 Å². The van der Waals surface area contributed by atoms with E-state index >= 15 is 0 Å². The molecule has 0 fully saturated rings. The van der Waals surface area contributed by atoms with Crippen molar-refractivity contribution in [2.24, 2.45) is 0 Å². The Morgan fingerprint density at radius 1 is 1.24 bits per heavy atom. The Morgan fingerprint density at radius 3 is 2.35 bits per heavy atom. The Bertz CT molecular complexity index is 368. The lowest BCUT2D eigenvalue weighted by molar-refractivity contribution is -0.122. The number of rotatable bonds is 4. The fourth-order valence-corrected chi connectivity index (χ4v) is 1.37. The van der Waals surface area contributed by atoms with Gasteiger partial charge in [-0.2, -0.15) is 0 Å². The van der Waals surface area contributed by atoms with Crippen LogP contribution in [0.15, 0.2) is 24.3 Å². The van der Waals surface area contributed by atoms with Crippen molar-refractivity contribution in [3.05, 3.63) is 30.1 Å². The van der Waals surface area contributed by atoms with Gasteiger partial charge in [0.15, 0.2) is 0 Å². The predicted octanol–water partition coefficient (Wildman–Crippen LogP) is 2.54. The summed E-state index contributed by atoms with van der Waals surface area (Å²) in [7, 11) is 0. The van der Waals surface area contributed by atoms with Crippen LogP contribution in [0.25, 0.3) is 0 Å². The van der Waals surface area contributed by atoms with Crippen molar-refractivity contribution in [1.29, 1.82) is 0 Å². The first-order valence-corrected chi connectivity index (χ1v) is 5.67. The fraction of sp³-hybridized carbons (Fsp3) is 0.462. The number of amides is 1. The molecule has 0 aromatic heterocycles. The molecule has 94 valence electrons. The molecule has 1 amide bonds. The summed E-state index contributed by atoms with van der Waals surface area (Å²) in [4.78, 5) is 11.5. The quantitative estimate of drug-likeness (QED) is 0.846. The maximum atomic E-state index is 12.6. The summed E-state index contributed by atoms with van der Waals surface area (Å²) in [6, 6.07) is 6.07. The summed E-state index contributed by atoms with van der Waals surface area (Å²) >= 11 is 0. The van der Waals surface area contributed by atoms with Crippen LogP contribution >= 0.6 is 0 Å². The summed E-state index contributed by atoms with van der Waals surface area (Å²) in [6.45, 7) is 6.36. The minimum absolute atomic E-state index is 0.00658. The summed E-state index contributed by atoms with van der Waals surface area (Å²) in [5.41, 5.74) is 0.613. The Morgan fingerprint density at radius 2 is 1.82 bits per heavy atom. The van der Waals surface area contributed by atoms with Crippen LogP contribution in [0.5, 0.6) is 0 Å². The minimum Gasteiger partial charge on any atom is -0.385 e. The average molecular weight is 238 g/mol. The van der Waals surface area contributed by atoms with E-state index in [9.17, 15) is 9.18 Å². The van der Waals surface area contributed by atoms with Gasteiger partial charge in [-0.1, -0.05) is 0 Å². The van der Waals surface area contributed by atoms with Crippen molar-refractivity contribution in [3.8, 4) is 0 Å². The van der Waals surface area contributed by atoms with Gasteiger partial charge in [0.25, 0.3) is 0 Å². The van der Waals surface area contributed by atoms with E-state index < -0.39 is 0 Å². The highest BCUT2D eigenvalue weighted by Crippen LogP contribution is 2.08. The van der Waals surface area contributed by atoms with Crippen LogP contribution in [0.1, 0.15) is 27.2 Å². The molecule has 3 nitrogen and oxygen atoms in total. The molecular formula is C13H19FN2O. The molecule has 0 spiro atoms. The van der Waals surface area contributed by atoms with E-state index in [1.165, 1.54) is 12.1 Å². The van der Waals surface area contributed by atoms with Crippen LogP contribution in [0.2, 0.25) is 0 Å². The lowest BCUT2D eigenvalue weighted by Crippen LogP contribution is -2.41. The van der Waals surface area contributed by atoms with Gasteiger partial charge >= 0.3 is 0 Å². The normalized spacial score (nSPS) is 11.1. The van der Waals surface area contributed by atoms with Crippen molar-refractivity contribution in [1.82, 2.24) is 5.32 Å². The van der Waals surface area contributed by atoms with Gasteiger partial charge in [0.1, 0.15) is 5.82 Å². The predicted molar refractivity (Wildman–Crippen MR) is 67.4 cm³/mol. The molecule has 1 aromatic carbocycles. The van der Waals surface area contributed by atoms with E-state index in [2.05, 4.69) is 10.6 Å². The maximum absolute atomic E-state index is 12.6. The van der Waals surface area contributed by atoms with E-state index in [-0.39, 0.29) is 17.3 Å². The molecule has 1 aromatic rings. The van der Waals surface area contributed by atoms with Crippen LogP contribution in [0.4, 0.5) is 10.1 Å². The SMILES string of the molecule is CC(C)(C)NC(=O)CCNc1ccc(F)cc1. The molecule has 0 atom stereocenters. The zero-order valence-corrected chi connectivity index (χ0v) is 10.5. The third-order valence-electron chi connectivity index (χ3n) is 2.04. The Balaban J connectivity index is 2.28. The van der Waals surface area contributed by atoms with Crippen molar-refractivity contribution in [2.75, 3.05) is 11.9 Å². The van der Waals surface area contributed by atoms with Crippen LogP contribution in [-0.4, -0.2) is 18.0 Å². The van der Waals surface area contributed by atoms with Crippen molar-refractivity contribution < 1.29 is 9.18 Å². The second kappa shape index (κ2) is 5.66. The number of hydrogen-bond donors (Lipinski definition) is 2. The van der Waals surface area contributed by atoms with Gasteiger partial charge in [-0.15, -0.1) is 0 Å². The van der Waals surface area contributed by atoms with Gasteiger partial charge in [-0.05, 0) is 45.0 Å². The summed E-state index contributed by atoms with van der Waals surface area (Å²) in [6.07, 6.45) is 0.397. The third kappa shape index (κ3) is 5.90. The molecule has 17 heavy (non-hydrogen) atoms. The van der Waals surface area contributed by atoms with Gasteiger partial charge in [0, 0.05) is 24.2 Å². The highest BCUT2D eigenvalue weighted by Gasteiger charge is 2.12. The smallest absolute Gasteiger partial charge is 0.222 e. The summed E-state index contributed by atoms with van der Waals surface area (Å²) < 4.78 is 12.6. The molecule has 0 aliphatic carbocycles. The van der Waals surface area contributed by atoms with Gasteiger partial charge in [0.05, 0.1) is 0 Å². The highest BCUT2D eigenvalue weighted by atomic mass is 19.1. The lowest BCUT2D eigenvalue weighted by Gasteiger charge is -2.20. The number of carbonyl (C=O) groups excluding carboxylic acids is 1. The van der Waals surface area contributed by atoms with Crippen molar-refractivity contribution >= 4 is 11.6 Å². The molecule has 1 rings (SSSR count). The van der Waals surface area contributed by atoms with Gasteiger partial charge in [0.2, 0.25) is 5.91 Å². The average Bonchev–Trinajstić information content (AvgIpc) is 2.18. The number of benzene rings is 1. The first-order chi connectivity index (χ1) is 7.87. The summed E-state index contributed by atoms with van der Waals surface area (Å²) in [5.74, 6) is -0.256. The molecule has 0 radical (unpaired) electrons. The Kier molecular flexibility index (Phi) is 4.49. The zero-order chi connectivity index (χ0) is 12.9. The molecule has 0 unspecified atom stereocenters. The fourth-order valence-electron chi connectivity index (χ4n) is 1.37. The number of anilines is 1. The highest BCUT2D eigenvalue weighted by molar-refractivity contribution is 5.77. The van der Waals surface area contributed by atoms with Crippen LogP contribution < -0.4 is 10.6 Å². The third-order valence-corrected chi connectivity index (χ3v) is 2.04. The van der Waals surface area contributed by atoms with Gasteiger partial charge < -0.3 is 10.6 Å². The zero-order valence-electron chi connectivity index (χ0n) is 10.5. The molecule has 0 saturated carbocycles. The molecule has 0 heterocycles. The molecule has 0 saturated heterocycles. The van der Waals surface area contributed by atoms with E-state index in [1.807, 2.05) is 20.8 Å².